The van der Waals surface area contributed by atoms with Crippen molar-refractivity contribution in [1.29, 1.82) is 0 Å². The second-order valence-electron chi connectivity index (χ2n) is 3.69. The van der Waals surface area contributed by atoms with Crippen LogP contribution >= 0.6 is 35.3 Å². The maximum Gasteiger partial charge on any atom is 0.214 e. The van der Waals surface area contributed by atoms with Gasteiger partial charge in [0, 0.05) is 16.8 Å². The molecule has 1 heterocycles. The number of carbonyl (C=O) groups is 1. The molecule has 0 saturated carbocycles. The van der Waals surface area contributed by atoms with Gasteiger partial charge in [-0.05, 0) is 18.9 Å². The lowest BCUT2D eigenvalue weighted by atomic mass is 10.4. The monoisotopic (exact) mass is 262 g/mol. The summed E-state index contributed by atoms with van der Waals surface area (Å²) in [6.45, 7) is 7.68. The van der Waals surface area contributed by atoms with Crippen molar-refractivity contribution in [3.05, 3.63) is 12.2 Å². The molecule has 86 valence electrons. The molecule has 0 radical (unpaired) electrons. The average Bonchev–Trinajstić information content (AvgIpc) is 2.62. The maximum absolute atomic E-state index is 11.4. The van der Waals surface area contributed by atoms with Crippen LogP contribution in [-0.4, -0.2) is 26.5 Å². The largest absolute Gasteiger partial charge is 0.282 e. The molecule has 1 fully saturated rings. The molecule has 1 aliphatic heterocycles. The molecule has 1 rings (SSSR count). The van der Waals surface area contributed by atoms with Crippen molar-refractivity contribution in [2.45, 2.75) is 36.5 Å². The van der Waals surface area contributed by atoms with Gasteiger partial charge in [-0.25, -0.2) is 0 Å². The minimum Gasteiger partial charge on any atom is -0.282 e. The van der Waals surface area contributed by atoms with Gasteiger partial charge >= 0.3 is 0 Å². The molecule has 0 aliphatic carbocycles. The first-order chi connectivity index (χ1) is 7.13. The Morgan fingerprint density at radius 1 is 1.60 bits per heavy atom. The second kappa shape index (κ2) is 6.92. The number of hydrogen-bond acceptors (Lipinski definition) is 4. The molecule has 0 bridgehead atoms. The van der Waals surface area contributed by atoms with Crippen molar-refractivity contribution in [1.82, 2.24) is 0 Å². The third-order valence-corrected chi connectivity index (χ3v) is 6.89. The second-order valence-corrected chi connectivity index (χ2v) is 7.72. The normalized spacial score (nSPS) is 25.5. The fourth-order valence-corrected chi connectivity index (χ4v) is 5.97. The highest BCUT2D eigenvalue weighted by Gasteiger charge is 2.25. The van der Waals surface area contributed by atoms with Gasteiger partial charge in [0.05, 0.1) is 4.58 Å². The smallest absolute Gasteiger partial charge is 0.214 e. The van der Waals surface area contributed by atoms with Gasteiger partial charge in [0.1, 0.15) is 0 Å². The van der Waals surface area contributed by atoms with Gasteiger partial charge in [0.25, 0.3) is 0 Å². The number of rotatable bonds is 5. The van der Waals surface area contributed by atoms with Crippen LogP contribution in [-0.2, 0) is 4.79 Å². The molecule has 4 heteroatoms. The molecule has 0 aromatic rings. The van der Waals surface area contributed by atoms with E-state index >= 15 is 0 Å². The summed E-state index contributed by atoms with van der Waals surface area (Å²) in [6.07, 6.45) is 2.56. The Hall–Kier alpha value is 0.460. The van der Waals surface area contributed by atoms with Gasteiger partial charge in [-0.1, -0.05) is 31.7 Å². The minimum atomic E-state index is 0.152. The molecule has 2 atom stereocenters. The van der Waals surface area contributed by atoms with Gasteiger partial charge in [-0.2, -0.15) is 0 Å². The van der Waals surface area contributed by atoms with Crippen LogP contribution in [0, 0.1) is 0 Å². The molecular weight excluding hydrogens is 244 g/mol. The summed E-state index contributed by atoms with van der Waals surface area (Å²) in [5.41, 5.74) is 0.667. The van der Waals surface area contributed by atoms with Crippen molar-refractivity contribution in [2.24, 2.45) is 0 Å². The Morgan fingerprint density at radius 2 is 2.33 bits per heavy atom. The van der Waals surface area contributed by atoms with Crippen LogP contribution in [0.2, 0.25) is 0 Å². The Kier molecular flexibility index (Phi) is 6.24. The zero-order valence-electron chi connectivity index (χ0n) is 9.32. The fourth-order valence-electron chi connectivity index (χ4n) is 1.27. The molecule has 0 spiro atoms. The summed E-state index contributed by atoms with van der Waals surface area (Å²) in [4.78, 5) is 11.4. The predicted molar refractivity (Wildman–Crippen MR) is 74.8 cm³/mol. The fraction of sp³-hybridized carbons (Fsp3) is 0.727. The third-order valence-electron chi connectivity index (χ3n) is 2.09. The van der Waals surface area contributed by atoms with Crippen LogP contribution in [0.15, 0.2) is 12.2 Å². The Bertz CT molecular complexity index is 240. The number of carbonyl (C=O) groups excluding carboxylic acids is 1. The summed E-state index contributed by atoms with van der Waals surface area (Å²) in [5, 5.41) is 0.805. The van der Waals surface area contributed by atoms with Crippen LogP contribution < -0.4 is 0 Å². The van der Waals surface area contributed by atoms with Gasteiger partial charge < -0.3 is 0 Å². The zero-order chi connectivity index (χ0) is 11.3. The SMILES string of the molecule is C=C(C)C(=O)SCC1CSC(CCC)S1. The number of thioether (sulfide) groups is 3. The highest BCUT2D eigenvalue weighted by Crippen LogP contribution is 2.41. The lowest BCUT2D eigenvalue weighted by Gasteiger charge is -2.08. The maximum atomic E-state index is 11.4. The van der Waals surface area contributed by atoms with E-state index in [2.05, 4.69) is 25.3 Å². The molecule has 0 amide bonds. The first-order valence-electron chi connectivity index (χ1n) is 5.23. The Balaban J connectivity index is 2.19. The molecule has 2 unspecified atom stereocenters. The van der Waals surface area contributed by atoms with Crippen molar-refractivity contribution in [3.8, 4) is 0 Å². The summed E-state index contributed by atoms with van der Waals surface area (Å²) in [7, 11) is 0. The summed E-state index contributed by atoms with van der Waals surface area (Å²) in [6, 6.07) is 0. The Labute approximate surface area is 105 Å². The summed E-state index contributed by atoms with van der Waals surface area (Å²) < 4.78 is 0.764. The van der Waals surface area contributed by atoms with Crippen LogP contribution in [0.4, 0.5) is 0 Å². The summed E-state index contributed by atoms with van der Waals surface area (Å²) >= 11 is 5.53. The van der Waals surface area contributed by atoms with Crippen LogP contribution in [0.25, 0.3) is 0 Å². The third kappa shape index (κ3) is 4.87. The Morgan fingerprint density at radius 3 is 2.93 bits per heavy atom. The molecule has 0 aromatic heterocycles. The standard InChI is InChI=1S/C11H18OS3/c1-4-5-10-13-6-9(15-10)7-14-11(12)8(2)3/h9-10H,2,4-7H2,1,3H3. The van der Waals surface area contributed by atoms with Gasteiger partial charge in [-0.15, -0.1) is 23.5 Å². The van der Waals surface area contributed by atoms with E-state index in [1.807, 2.05) is 11.8 Å². The molecule has 1 saturated heterocycles. The van der Waals surface area contributed by atoms with Crippen molar-refractivity contribution in [3.63, 3.8) is 0 Å². The first-order valence-corrected chi connectivity index (χ1v) is 8.21. The van der Waals surface area contributed by atoms with Crippen molar-refractivity contribution >= 4 is 40.4 Å². The number of hydrogen-bond donors (Lipinski definition) is 0. The lowest BCUT2D eigenvalue weighted by Crippen LogP contribution is -2.07. The highest BCUT2D eigenvalue weighted by atomic mass is 32.2. The van der Waals surface area contributed by atoms with Crippen molar-refractivity contribution < 1.29 is 4.79 Å². The topological polar surface area (TPSA) is 17.1 Å². The molecule has 15 heavy (non-hydrogen) atoms. The first kappa shape index (κ1) is 13.5. The van der Waals surface area contributed by atoms with Crippen LogP contribution in [0.1, 0.15) is 26.7 Å². The molecule has 0 N–H and O–H groups in total. The van der Waals surface area contributed by atoms with Gasteiger partial charge in [0.2, 0.25) is 5.12 Å². The van der Waals surface area contributed by atoms with Gasteiger partial charge in [0.15, 0.2) is 0 Å². The molecule has 1 nitrogen and oxygen atoms in total. The highest BCUT2D eigenvalue weighted by molar-refractivity contribution is 8.21. The van der Waals surface area contributed by atoms with E-state index in [1.165, 1.54) is 30.4 Å². The molecule has 1 aliphatic rings. The predicted octanol–water partition coefficient (Wildman–Crippen LogP) is 3.80. The van der Waals surface area contributed by atoms with E-state index in [1.54, 1.807) is 6.92 Å². The van der Waals surface area contributed by atoms with E-state index in [-0.39, 0.29) is 5.12 Å². The van der Waals surface area contributed by atoms with E-state index in [0.717, 1.165) is 10.3 Å². The van der Waals surface area contributed by atoms with Crippen LogP contribution in [0.3, 0.4) is 0 Å². The van der Waals surface area contributed by atoms with E-state index in [4.69, 9.17) is 0 Å². The van der Waals surface area contributed by atoms with Gasteiger partial charge in [-0.3, -0.25) is 4.79 Å². The molecule has 0 aromatic carbocycles. The van der Waals surface area contributed by atoms with E-state index < -0.39 is 0 Å². The van der Waals surface area contributed by atoms with E-state index in [9.17, 15) is 4.79 Å². The zero-order valence-corrected chi connectivity index (χ0v) is 11.8. The van der Waals surface area contributed by atoms with Crippen molar-refractivity contribution in [2.75, 3.05) is 11.5 Å². The molecular formula is C11H18OS3. The lowest BCUT2D eigenvalue weighted by molar-refractivity contribution is -0.107. The average molecular weight is 262 g/mol. The van der Waals surface area contributed by atoms with E-state index in [0.29, 0.717) is 10.8 Å². The quantitative estimate of drug-likeness (QED) is 0.701. The van der Waals surface area contributed by atoms with Crippen LogP contribution in [0.5, 0.6) is 0 Å². The summed E-state index contributed by atoms with van der Waals surface area (Å²) in [5.74, 6) is 2.15. The minimum absolute atomic E-state index is 0.152.